The first kappa shape index (κ1) is 15.5. The minimum Gasteiger partial charge on any atom is -0.339 e. The van der Waals surface area contributed by atoms with Crippen LogP contribution in [0.5, 0.6) is 0 Å². The summed E-state index contributed by atoms with van der Waals surface area (Å²) >= 11 is 1.86. The van der Waals surface area contributed by atoms with Crippen molar-refractivity contribution in [3.63, 3.8) is 0 Å². The number of nitrogens with one attached hydrogen (secondary N) is 1. The molecule has 1 aromatic rings. The van der Waals surface area contributed by atoms with Gasteiger partial charge in [-0.1, -0.05) is 25.9 Å². The Bertz CT molecular complexity index is 317. The second kappa shape index (κ2) is 9.39. The second-order valence-electron chi connectivity index (χ2n) is 4.42. The lowest BCUT2D eigenvalue weighted by Crippen LogP contribution is -2.31. The number of thioether (sulfide) groups is 1. The van der Waals surface area contributed by atoms with Crippen molar-refractivity contribution in [2.75, 3.05) is 12.3 Å². The third-order valence-corrected chi connectivity index (χ3v) is 3.85. The molecule has 0 bridgehead atoms. The molecule has 0 aliphatic carbocycles. The average Bonchev–Trinajstić information content (AvgIpc) is 2.82. The highest BCUT2D eigenvalue weighted by molar-refractivity contribution is 7.98. The van der Waals surface area contributed by atoms with Crippen LogP contribution in [-0.4, -0.2) is 28.5 Å². The molecule has 1 atom stereocenters. The van der Waals surface area contributed by atoms with Crippen LogP contribution in [0, 0.1) is 0 Å². The molecule has 0 radical (unpaired) electrons. The maximum Gasteiger partial charge on any atom is 0.228 e. The zero-order valence-corrected chi connectivity index (χ0v) is 12.6. The minimum atomic E-state index is 0.446. The van der Waals surface area contributed by atoms with E-state index in [1.165, 1.54) is 6.42 Å². The van der Waals surface area contributed by atoms with Gasteiger partial charge >= 0.3 is 0 Å². The molecule has 1 unspecified atom stereocenters. The van der Waals surface area contributed by atoms with Gasteiger partial charge in [-0.25, -0.2) is 0 Å². The molecule has 5 heteroatoms. The zero-order valence-electron chi connectivity index (χ0n) is 11.7. The number of hydrogen-bond donors (Lipinski definition) is 1. The van der Waals surface area contributed by atoms with Crippen molar-refractivity contribution in [2.24, 2.45) is 0 Å². The lowest BCUT2D eigenvalue weighted by molar-refractivity contribution is 0.351. The molecule has 1 N–H and O–H groups in total. The van der Waals surface area contributed by atoms with Crippen LogP contribution in [0.2, 0.25) is 0 Å². The lowest BCUT2D eigenvalue weighted by atomic mass is 10.1. The van der Waals surface area contributed by atoms with E-state index in [1.54, 1.807) is 0 Å². The van der Waals surface area contributed by atoms with Gasteiger partial charge < -0.3 is 9.84 Å². The largest absolute Gasteiger partial charge is 0.339 e. The maximum absolute atomic E-state index is 5.29. The van der Waals surface area contributed by atoms with Gasteiger partial charge in [0, 0.05) is 12.5 Å². The Hall–Kier alpha value is -0.550. The van der Waals surface area contributed by atoms with Crippen molar-refractivity contribution in [1.29, 1.82) is 0 Å². The molecule has 0 aliphatic rings. The zero-order chi connectivity index (χ0) is 13.2. The van der Waals surface area contributed by atoms with Crippen LogP contribution in [0.4, 0.5) is 0 Å². The van der Waals surface area contributed by atoms with E-state index in [0.717, 1.165) is 49.0 Å². The van der Waals surface area contributed by atoms with E-state index in [4.69, 9.17) is 4.52 Å². The number of hydrogen-bond acceptors (Lipinski definition) is 5. The molecule has 0 aliphatic heterocycles. The number of rotatable bonds is 10. The maximum atomic E-state index is 5.29. The van der Waals surface area contributed by atoms with Crippen LogP contribution in [0.3, 0.4) is 0 Å². The fraction of sp³-hybridized carbons (Fsp3) is 0.846. The molecule has 104 valence electrons. The smallest absolute Gasteiger partial charge is 0.228 e. The molecule has 0 spiro atoms. The summed E-state index contributed by atoms with van der Waals surface area (Å²) in [5, 5.41) is 7.52. The number of aromatic nitrogens is 2. The summed E-state index contributed by atoms with van der Waals surface area (Å²) in [6.45, 7) is 7.59. The van der Waals surface area contributed by atoms with Crippen LogP contribution in [0.15, 0.2) is 4.52 Å². The standard InChI is InChI=1S/C13H25N3OS/c1-4-7-14-11(6-3)9-13-15-12(16-17-13)10-18-8-5-2/h11,14H,4-10H2,1-3H3. The van der Waals surface area contributed by atoms with Gasteiger partial charge in [0.1, 0.15) is 0 Å². The molecule has 18 heavy (non-hydrogen) atoms. The molecule has 1 aromatic heterocycles. The van der Waals surface area contributed by atoms with E-state index in [0.29, 0.717) is 6.04 Å². The van der Waals surface area contributed by atoms with E-state index in [1.807, 2.05) is 11.8 Å². The Morgan fingerprint density at radius 1 is 1.28 bits per heavy atom. The predicted molar refractivity (Wildman–Crippen MR) is 76.8 cm³/mol. The fourth-order valence-electron chi connectivity index (χ4n) is 1.66. The Balaban J connectivity index is 2.36. The topological polar surface area (TPSA) is 51.0 Å². The SMILES string of the molecule is CCCNC(CC)Cc1nc(CSCCC)no1. The average molecular weight is 271 g/mol. The molecule has 1 rings (SSSR count). The Kier molecular flexibility index (Phi) is 8.09. The van der Waals surface area contributed by atoms with Crippen molar-refractivity contribution in [3.05, 3.63) is 11.7 Å². The van der Waals surface area contributed by atoms with Crippen molar-refractivity contribution in [1.82, 2.24) is 15.5 Å². The highest BCUT2D eigenvalue weighted by Gasteiger charge is 2.12. The summed E-state index contributed by atoms with van der Waals surface area (Å²) in [4.78, 5) is 4.44. The van der Waals surface area contributed by atoms with Gasteiger partial charge in [-0.2, -0.15) is 16.7 Å². The lowest BCUT2D eigenvalue weighted by Gasteiger charge is -2.13. The van der Waals surface area contributed by atoms with E-state index in [2.05, 4.69) is 36.2 Å². The molecule has 4 nitrogen and oxygen atoms in total. The van der Waals surface area contributed by atoms with Crippen LogP contribution in [0.25, 0.3) is 0 Å². The van der Waals surface area contributed by atoms with Gasteiger partial charge in [0.25, 0.3) is 0 Å². The Labute approximate surface area is 114 Å². The van der Waals surface area contributed by atoms with Crippen molar-refractivity contribution in [2.45, 2.75) is 58.2 Å². The van der Waals surface area contributed by atoms with E-state index >= 15 is 0 Å². The third-order valence-electron chi connectivity index (χ3n) is 2.69. The summed E-state index contributed by atoms with van der Waals surface area (Å²) in [6, 6.07) is 0.446. The summed E-state index contributed by atoms with van der Waals surface area (Å²) < 4.78 is 5.29. The van der Waals surface area contributed by atoms with Gasteiger partial charge in [0.15, 0.2) is 5.82 Å². The van der Waals surface area contributed by atoms with E-state index < -0.39 is 0 Å². The molecule has 1 heterocycles. The molecule has 0 fully saturated rings. The van der Waals surface area contributed by atoms with Gasteiger partial charge in [-0.05, 0) is 31.6 Å². The van der Waals surface area contributed by atoms with Crippen molar-refractivity contribution < 1.29 is 4.52 Å². The van der Waals surface area contributed by atoms with Gasteiger partial charge in [0.2, 0.25) is 5.89 Å². The normalized spacial score (nSPS) is 12.8. The Morgan fingerprint density at radius 2 is 2.11 bits per heavy atom. The first-order chi connectivity index (χ1) is 8.80. The second-order valence-corrected chi connectivity index (χ2v) is 5.53. The first-order valence-electron chi connectivity index (χ1n) is 6.92. The fourth-order valence-corrected chi connectivity index (χ4v) is 2.39. The monoisotopic (exact) mass is 271 g/mol. The van der Waals surface area contributed by atoms with Gasteiger partial charge in [-0.3, -0.25) is 0 Å². The highest BCUT2D eigenvalue weighted by Crippen LogP contribution is 2.11. The molecular formula is C13H25N3OS. The van der Waals surface area contributed by atoms with E-state index in [9.17, 15) is 0 Å². The highest BCUT2D eigenvalue weighted by atomic mass is 32.2. The molecule has 0 aromatic carbocycles. The number of nitrogens with zero attached hydrogens (tertiary/aromatic N) is 2. The van der Waals surface area contributed by atoms with E-state index in [-0.39, 0.29) is 0 Å². The molecule has 0 saturated heterocycles. The van der Waals surface area contributed by atoms with Crippen LogP contribution >= 0.6 is 11.8 Å². The Morgan fingerprint density at radius 3 is 2.78 bits per heavy atom. The van der Waals surface area contributed by atoms with Gasteiger partial charge in [0.05, 0.1) is 5.75 Å². The minimum absolute atomic E-state index is 0.446. The summed E-state index contributed by atoms with van der Waals surface area (Å²) in [7, 11) is 0. The van der Waals surface area contributed by atoms with Gasteiger partial charge in [-0.15, -0.1) is 0 Å². The van der Waals surface area contributed by atoms with Crippen molar-refractivity contribution >= 4 is 11.8 Å². The third kappa shape index (κ3) is 5.87. The van der Waals surface area contributed by atoms with Crippen LogP contribution in [-0.2, 0) is 12.2 Å². The van der Waals surface area contributed by atoms with Crippen molar-refractivity contribution in [3.8, 4) is 0 Å². The summed E-state index contributed by atoms with van der Waals surface area (Å²) in [5.74, 6) is 3.60. The summed E-state index contributed by atoms with van der Waals surface area (Å²) in [6.07, 6.45) is 4.26. The molecule has 0 amide bonds. The molecule has 0 saturated carbocycles. The first-order valence-corrected chi connectivity index (χ1v) is 8.08. The molecular weight excluding hydrogens is 246 g/mol. The van der Waals surface area contributed by atoms with Crippen LogP contribution < -0.4 is 5.32 Å². The quantitative estimate of drug-likeness (QED) is 0.663. The predicted octanol–water partition coefficient (Wildman–Crippen LogP) is 3.03. The summed E-state index contributed by atoms with van der Waals surface area (Å²) in [5.41, 5.74) is 0. The van der Waals surface area contributed by atoms with Crippen LogP contribution in [0.1, 0.15) is 51.7 Å².